The van der Waals surface area contributed by atoms with E-state index in [9.17, 15) is 14.4 Å². The molecule has 0 aliphatic rings. The molecule has 0 heterocycles. The van der Waals surface area contributed by atoms with Crippen LogP contribution in [0.15, 0.2) is 66.8 Å². The lowest BCUT2D eigenvalue weighted by molar-refractivity contribution is -0.138. The highest BCUT2D eigenvalue weighted by Crippen LogP contribution is 2.17. The van der Waals surface area contributed by atoms with E-state index >= 15 is 0 Å². The summed E-state index contributed by atoms with van der Waals surface area (Å²) in [5.41, 5.74) is 3.43. The first-order valence-electron chi connectivity index (χ1n) is 20.1. The van der Waals surface area contributed by atoms with E-state index in [1.807, 2.05) is 0 Å². The second-order valence-electron chi connectivity index (χ2n) is 13.9. The van der Waals surface area contributed by atoms with Gasteiger partial charge in [-0.1, -0.05) is 119 Å². The fraction of sp³-hybridized carbons (Fsp3) is 0.622. The number of rotatable bonds is 35. The Morgan fingerprint density at radius 1 is 0.420 bits per heavy atom. The van der Waals surface area contributed by atoms with Crippen LogP contribution in [0.25, 0.3) is 0 Å². The maximum Gasteiger partial charge on any atom is 0.303 e. The topological polar surface area (TPSA) is 91.7 Å². The molecule has 0 aliphatic heterocycles. The molecular weight excluding hydrogens is 620 g/mol. The Morgan fingerprint density at radius 3 is 1.08 bits per heavy atom. The summed E-state index contributed by atoms with van der Waals surface area (Å²) in [5, 5.41) is 17.3. The lowest BCUT2D eigenvalue weighted by Gasteiger charge is -2.08. The number of hydrogen-bond donors (Lipinski definition) is 2. The summed E-state index contributed by atoms with van der Waals surface area (Å²) in [6.07, 6.45) is 48.9. The zero-order valence-corrected chi connectivity index (χ0v) is 31.3. The number of benzene rings is 1. The van der Waals surface area contributed by atoms with Crippen molar-refractivity contribution in [3.8, 4) is 0 Å². The van der Waals surface area contributed by atoms with Crippen LogP contribution in [-0.2, 0) is 22.4 Å². The van der Waals surface area contributed by atoms with E-state index < -0.39 is 11.9 Å². The predicted octanol–water partition coefficient (Wildman–Crippen LogP) is 13.1. The summed E-state index contributed by atoms with van der Waals surface area (Å²) in [4.78, 5) is 32.6. The van der Waals surface area contributed by atoms with Crippen molar-refractivity contribution in [3.63, 3.8) is 0 Å². The van der Waals surface area contributed by atoms with Crippen LogP contribution >= 0.6 is 0 Å². The van der Waals surface area contributed by atoms with Crippen LogP contribution in [0, 0.1) is 0 Å². The third kappa shape index (κ3) is 30.8. The molecule has 0 aromatic heterocycles. The van der Waals surface area contributed by atoms with E-state index in [4.69, 9.17) is 10.2 Å². The second kappa shape index (κ2) is 34.2. The van der Waals surface area contributed by atoms with Gasteiger partial charge in [-0.25, -0.2) is 0 Å². The van der Waals surface area contributed by atoms with Crippen molar-refractivity contribution in [2.24, 2.45) is 0 Å². The number of allylic oxidation sites excluding steroid dienone is 8. The van der Waals surface area contributed by atoms with E-state index in [0.29, 0.717) is 12.8 Å². The Balaban J connectivity index is 2.03. The fourth-order valence-electron chi connectivity index (χ4n) is 6.19. The molecule has 0 amide bonds. The van der Waals surface area contributed by atoms with Gasteiger partial charge in [-0.15, -0.1) is 0 Å². The SMILES string of the molecule is O=Cc1cc(CCCCCCC=CCC=CCCCCCCCC(=O)O)cc(CCCCCCC=CCC=CCCCCCCCC(=O)O)c1. The number of aldehydes is 1. The molecule has 0 fully saturated rings. The normalized spacial score (nSPS) is 11.9. The van der Waals surface area contributed by atoms with Crippen LogP contribution in [-0.4, -0.2) is 28.4 Å². The summed E-state index contributed by atoms with van der Waals surface area (Å²) in [7, 11) is 0. The first-order valence-corrected chi connectivity index (χ1v) is 20.1. The van der Waals surface area contributed by atoms with Gasteiger partial charge < -0.3 is 10.2 Å². The molecule has 1 aromatic carbocycles. The van der Waals surface area contributed by atoms with Crippen molar-refractivity contribution in [1.29, 1.82) is 0 Å². The van der Waals surface area contributed by atoms with Crippen molar-refractivity contribution >= 4 is 18.2 Å². The fourth-order valence-corrected chi connectivity index (χ4v) is 6.19. The quantitative estimate of drug-likeness (QED) is 0.0420. The molecule has 0 saturated heterocycles. The largest absolute Gasteiger partial charge is 0.481 e. The Kier molecular flexibility index (Phi) is 30.7. The summed E-state index contributed by atoms with van der Waals surface area (Å²) in [5.74, 6) is -1.37. The van der Waals surface area contributed by atoms with Gasteiger partial charge >= 0.3 is 11.9 Å². The van der Waals surface area contributed by atoms with Gasteiger partial charge in [0.25, 0.3) is 0 Å². The number of aryl methyl sites for hydroxylation is 2. The van der Waals surface area contributed by atoms with Gasteiger partial charge in [0, 0.05) is 18.4 Å². The maximum atomic E-state index is 11.6. The monoisotopic (exact) mass is 691 g/mol. The molecule has 2 N–H and O–H groups in total. The maximum absolute atomic E-state index is 11.6. The van der Waals surface area contributed by atoms with Crippen molar-refractivity contribution in [3.05, 3.63) is 83.5 Å². The van der Waals surface area contributed by atoms with Gasteiger partial charge in [0.15, 0.2) is 0 Å². The van der Waals surface area contributed by atoms with Gasteiger partial charge in [-0.3, -0.25) is 14.4 Å². The molecule has 1 rings (SSSR count). The van der Waals surface area contributed by atoms with Crippen LogP contribution in [0.2, 0.25) is 0 Å². The van der Waals surface area contributed by atoms with Crippen molar-refractivity contribution in [1.82, 2.24) is 0 Å². The highest BCUT2D eigenvalue weighted by atomic mass is 16.4. The van der Waals surface area contributed by atoms with Gasteiger partial charge in [-0.2, -0.15) is 0 Å². The Bertz CT molecular complexity index is 1030. The minimum absolute atomic E-state index is 0.301. The number of carbonyl (C=O) groups is 3. The van der Waals surface area contributed by atoms with Gasteiger partial charge in [0.1, 0.15) is 6.29 Å². The molecule has 5 heteroatoms. The number of carboxylic acids is 2. The average molecular weight is 691 g/mol. The highest BCUT2D eigenvalue weighted by Gasteiger charge is 2.03. The summed E-state index contributed by atoms with van der Waals surface area (Å²) in [6, 6.07) is 6.47. The number of carbonyl (C=O) groups excluding carboxylic acids is 1. The molecule has 5 nitrogen and oxygen atoms in total. The number of unbranched alkanes of at least 4 members (excludes halogenated alkanes) is 18. The van der Waals surface area contributed by atoms with Crippen molar-refractivity contribution < 1.29 is 24.6 Å². The van der Waals surface area contributed by atoms with Crippen LogP contribution in [0.1, 0.15) is 188 Å². The molecule has 280 valence electrons. The van der Waals surface area contributed by atoms with Crippen LogP contribution in [0.3, 0.4) is 0 Å². The van der Waals surface area contributed by atoms with Crippen LogP contribution in [0.5, 0.6) is 0 Å². The molecule has 0 spiro atoms. The Labute approximate surface area is 305 Å². The lowest BCUT2D eigenvalue weighted by atomic mass is 9.97. The standard InChI is InChI=1S/C45H70O5/c46-40-43-38-41(33-29-25-21-17-13-9-5-1-3-7-11-15-19-23-27-31-35-44(47)48)37-42(39-43)34-30-26-22-18-14-10-6-2-4-8-12-16-20-24-28-32-36-45(49)50/h3-10,37-40H,1-2,11-36H2,(H,47,48)(H,49,50). The van der Waals surface area contributed by atoms with Gasteiger partial charge in [0.2, 0.25) is 0 Å². The highest BCUT2D eigenvalue weighted by molar-refractivity contribution is 5.75. The lowest BCUT2D eigenvalue weighted by Crippen LogP contribution is -1.94. The zero-order valence-electron chi connectivity index (χ0n) is 31.3. The molecular formula is C45H70O5. The van der Waals surface area contributed by atoms with E-state index in [0.717, 1.165) is 102 Å². The summed E-state index contributed by atoms with van der Waals surface area (Å²) >= 11 is 0. The van der Waals surface area contributed by atoms with E-state index in [2.05, 4.69) is 66.8 Å². The Hall–Kier alpha value is -3.21. The van der Waals surface area contributed by atoms with Crippen LogP contribution < -0.4 is 0 Å². The minimum atomic E-state index is -0.685. The number of carboxylic acid groups (broad SMARTS) is 2. The zero-order chi connectivity index (χ0) is 36.2. The van der Waals surface area contributed by atoms with Crippen molar-refractivity contribution in [2.75, 3.05) is 0 Å². The third-order valence-corrected chi connectivity index (χ3v) is 9.12. The second-order valence-corrected chi connectivity index (χ2v) is 13.9. The molecule has 1 aromatic rings. The summed E-state index contributed by atoms with van der Waals surface area (Å²) < 4.78 is 0. The third-order valence-electron chi connectivity index (χ3n) is 9.12. The van der Waals surface area contributed by atoms with Crippen LogP contribution in [0.4, 0.5) is 0 Å². The van der Waals surface area contributed by atoms with E-state index in [1.54, 1.807) is 0 Å². The van der Waals surface area contributed by atoms with E-state index in [-0.39, 0.29) is 0 Å². The smallest absolute Gasteiger partial charge is 0.303 e. The predicted molar refractivity (Wildman–Crippen MR) is 211 cm³/mol. The number of hydrogen-bond acceptors (Lipinski definition) is 3. The first-order chi connectivity index (χ1) is 24.5. The summed E-state index contributed by atoms with van der Waals surface area (Å²) in [6.45, 7) is 0. The van der Waals surface area contributed by atoms with E-state index in [1.165, 1.54) is 88.2 Å². The molecule has 0 bridgehead atoms. The molecule has 0 unspecified atom stereocenters. The number of aliphatic carboxylic acids is 2. The Morgan fingerprint density at radius 2 is 0.740 bits per heavy atom. The minimum Gasteiger partial charge on any atom is -0.481 e. The molecule has 0 saturated carbocycles. The molecule has 0 aliphatic carbocycles. The van der Waals surface area contributed by atoms with Gasteiger partial charge in [0.05, 0.1) is 0 Å². The van der Waals surface area contributed by atoms with Crippen molar-refractivity contribution in [2.45, 2.75) is 180 Å². The average Bonchev–Trinajstić information content (AvgIpc) is 3.10. The first kappa shape index (κ1) is 44.8. The van der Waals surface area contributed by atoms with Gasteiger partial charge in [-0.05, 0) is 126 Å². The molecule has 0 radical (unpaired) electrons. The molecule has 0 atom stereocenters. The molecule has 50 heavy (non-hydrogen) atoms.